The Morgan fingerprint density at radius 3 is 1.97 bits per heavy atom. The fraction of sp³-hybridized carbons (Fsp3) is 0.208. The van der Waals surface area contributed by atoms with Crippen molar-refractivity contribution in [2.24, 2.45) is 0 Å². The fourth-order valence-corrected chi connectivity index (χ4v) is 3.20. The van der Waals surface area contributed by atoms with Crippen LogP contribution in [0.2, 0.25) is 0 Å². The molecule has 3 aromatic carbocycles. The molecule has 0 fully saturated rings. The third kappa shape index (κ3) is 5.59. The Kier molecular flexibility index (Phi) is 7.25. The molecule has 150 valence electrons. The van der Waals surface area contributed by atoms with Gasteiger partial charge in [0.2, 0.25) is 0 Å². The summed E-state index contributed by atoms with van der Waals surface area (Å²) in [6.07, 6.45) is -0.275. The highest BCUT2D eigenvalue weighted by molar-refractivity contribution is 5.75. The van der Waals surface area contributed by atoms with E-state index in [4.69, 9.17) is 9.47 Å². The molecule has 0 spiro atoms. The van der Waals surface area contributed by atoms with Gasteiger partial charge < -0.3 is 20.1 Å². The van der Waals surface area contributed by atoms with Gasteiger partial charge in [-0.15, -0.1) is 0 Å². The molecule has 3 rings (SSSR count). The summed E-state index contributed by atoms with van der Waals surface area (Å²) >= 11 is 0. The van der Waals surface area contributed by atoms with Gasteiger partial charge in [0, 0.05) is 13.7 Å². The Bertz CT molecular complexity index is 861. The van der Waals surface area contributed by atoms with Crippen LogP contribution in [0.5, 0.6) is 5.75 Å². The van der Waals surface area contributed by atoms with Crippen molar-refractivity contribution in [3.8, 4) is 5.75 Å². The molecule has 0 unspecified atom stereocenters. The summed E-state index contributed by atoms with van der Waals surface area (Å²) in [6, 6.07) is 27.0. The molecule has 2 amide bonds. The minimum absolute atomic E-state index is 0.241. The van der Waals surface area contributed by atoms with Crippen LogP contribution in [0.4, 0.5) is 4.79 Å². The molecule has 0 aromatic heterocycles. The summed E-state index contributed by atoms with van der Waals surface area (Å²) in [6.45, 7) is 0.339. The van der Waals surface area contributed by atoms with Crippen molar-refractivity contribution < 1.29 is 14.3 Å². The zero-order valence-corrected chi connectivity index (χ0v) is 16.7. The van der Waals surface area contributed by atoms with Crippen LogP contribution < -0.4 is 15.4 Å². The molecule has 0 aliphatic carbocycles. The average molecular weight is 390 g/mol. The Balaban J connectivity index is 1.68. The SMILES string of the molecule is COc1cccc([C@@H](CNC(=O)NC(c2ccccc2)c2ccccc2)OC)c1. The maximum absolute atomic E-state index is 12.7. The van der Waals surface area contributed by atoms with E-state index in [0.717, 1.165) is 22.4 Å². The number of nitrogens with one attached hydrogen (secondary N) is 2. The van der Waals surface area contributed by atoms with Crippen LogP contribution in [0.1, 0.15) is 28.8 Å². The van der Waals surface area contributed by atoms with E-state index in [0.29, 0.717) is 6.54 Å². The lowest BCUT2D eigenvalue weighted by atomic mass is 9.99. The first-order valence-electron chi connectivity index (χ1n) is 9.52. The number of amides is 2. The number of benzene rings is 3. The molecule has 0 bridgehead atoms. The van der Waals surface area contributed by atoms with Gasteiger partial charge in [0.15, 0.2) is 0 Å². The highest BCUT2D eigenvalue weighted by Crippen LogP contribution is 2.23. The van der Waals surface area contributed by atoms with E-state index in [-0.39, 0.29) is 18.2 Å². The number of hydrogen-bond acceptors (Lipinski definition) is 3. The molecular formula is C24H26N2O3. The monoisotopic (exact) mass is 390 g/mol. The lowest BCUT2D eigenvalue weighted by Crippen LogP contribution is -2.40. The molecule has 0 radical (unpaired) electrons. The normalized spacial score (nSPS) is 11.7. The van der Waals surface area contributed by atoms with E-state index in [1.807, 2.05) is 84.9 Å². The van der Waals surface area contributed by atoms with Crippen LogP contribution >= 0.6 is 0 Å². The van der Waals surface area contributed by atoms with Crippen LogP contribution in [0.25, 0.3) is 0 Å². The maximum Gasteiger partial charge on any atom is 0.315 e. The molecule has 3 aromatic rings. The van der Waals surface area contributed by atoms with Crippen molar-refractivity contribution in [3.05, 3.63) is 102 Å². The minimum Gasteiger partial charge on any atom is -0.497 e. The van der Waals surface area contributed by atoms with E-state index in [9.17, 15) is 4.79 Å². The average Bonchev–Trinajstić information content (AvgIpc) is 2.79. The number of urea groups is 1. The predicted octanol–water partition coefficient (Wildman–Crippen LogP) is 4.47. The van der Waals surface area contributed by atoms with Crippen molar-refractivity contribution in [1.29, 1.82) is 0 Å². The van der Waals surface area contributed by atoms with Gasteiger partial charge in [-0.2, -0.15) is 0 Å². The minimum atomic E-state index is -0.275. The standard InChI is InChI=1S/C24H26N2O3/c1-28-21-15-9-14-20(16-21)22(29-2)17-25-24(27)26-23(18-10-5-3-6-11-18)19-12-7-4-8-13-19/h3-16,22-23H,17H2,1-2H3,(H2,25,26,27)/t22-/m1/s1. The van der Waals surface area contributed by atoms with E-state index in [1.165, 1.54) is 0 Å². The zero-order valence-electron chi connectivity index (χ0n) is 16.7. The molecule has 29 heavy (non-hydrogen) atoms. The predicted molar refractivity (Wildman–Crippen MR) is 114 cm³/mol. The zero-order chi connectivity index (χ0) is 20.5. The van der Waals surface area contributed by atoms with Gasteiger partial charge >= 0.3 is 6.03 Å². The maximum atomic E-state index is 12.7. The molecule has 5 heteroatoms. The number of methoxy groups -OCH3 is 2. The quantitative estimate of drug-likeness (QED) is 0.597. The summed E-state index contributed by atoms with van der Waals surface area (Å²) in [5, 5.41) is 6.00. The number of rotatable bonds is 8. The smallest absolute Gasteiger partial charge is 0.315 e. The molecule has 1 atom stereocenters. The van der Waals surface area contributed by atoms with E-state index >= 15 is 0 Å². The second kappa shape index (κ2) is 10.3. The first-order valence-corrected chi connectivity index (χ1v) is 9.52. The second-order valence-corrected chi connectivity index (χ2v) is 6.61. The van der Waals surface area contributed by atoms with Gasteiger partial charge in [-0.05, 0) is 28.8 Å². The number of carbonyl (C=O) groups excluding carboxylic acids is 1. The molecule has 0 saturated carbocycles. The molecule has 0 aliphatic rings. The summed E-state index contributed by atoms with van der Waals surface area (Å²) in [5.41, 5.74) is 2.98. The number of hydrogen-bond donors (Lipinski definition) is 2. The third-order valence-corrected chi connectivity index (χ3v) is 4.74. The summed E-state index contributed by atoms with van der Waals surface area (Å²) in [7, 11) is 3.25. The van der Waals surface area contributed by atoms with Crippen molar-refractivity contribution in [2.45, 2.75) is 12.1 Å². The van der Waals surface area contributed by atoms with Crippen LogP contribution in [0.15, 0.2) is 84.9 Å². The van der Waals surface area contributed by atoms with Crippen LogP contribution in [-0.4, -0.2) is 26.8 Å². The van der Waals surface area contributed by atoms with Gasteiger partial charge in [-0.25, -0.2) is 4.79 Å². The van der Waals surface area contributed by atoms with Gasteiger partial charge in [0.1, 0.15) is 5.75 Å². The third-order valence-electron chi connectivity index (χ3n) is 4.74. The largest absolute Gasteiger partial charge is 0.497 e. The van der Waals surface area contributed by atoms with E-state index in [2.05, 4.69) is 10.6 Å². The van der Waals surface area contributed by atoms with Crippen LogP contribution in [0.3, 0.4) is 0 Å². The number of ether oxygens (including phenoxy) is 2. The molecule has 2 N–H and O–H groups in total. The molecule has 0 heterocycles. The Labute approximate surface area is 171 Å². The van der Waals surface area contributed by atoms with E-state index in [1.54, 1.807) is 14.2 Å². The van der Waals surface area contributed by atoms with Gasteiger partial charge in [0.05, 0.1) is 19.3 Å². The highest BCUT2D eigenvalue weighted by atomic mass is 16.5. The summed E-state index contributed by atoms with van der Waals surface area (Å²) in [4.78, 5) is 12.7. The summed E-state index contributed by atoms with van der Waals surface area (Å²) in [5.74, 6) is 0.752. The summed E-state index contributed by atoms with van der Waals surface area (Å²) < 4.78 is 10.8. The van der Waals surface area contributed by atoms with Crippen molar-refractivity contribution in [1.82, 2.24) is 10.6 Å². The lowest BCUT2D eigenvalue weighted by Gasteiger charge is -2.22. The Hall–Kier alpha value is -3.31. The van der Waals surface area contributed by atoms with Gasteiger partial charge in [-0.3, -0.25) is 0 Å². The first kappa shape index (κ1) is 20.4. The second-order valence-electron chi connectivity index (χ2n) is 6.61. The van der Waals surface area contributed by atoms with Crippen molar-refractivity contribution in [3.63, 3.8) is 0 Å². The fourth-order valence-electron chi connectivity index (χ4n) is 3.20. The molecular weight excluding hydrogens is 364 g/mol. The van der Waals surface area contributed by atoms with Crippen LogP contribution in [0, 0.1) is 0 Å². The lowest BCUT2D eigenvalue weighted by molar-refractivity contribution is 0.103. The molecule has 0 saturated heterocycles. The van der Waals surface area contributed by atoms with Crippen molar-refractivity contribution >= 4 is 6.03 Å². The van der Waals surface area contributed by atoms with Gasteiger partial charge in [-0.1, -0.05) is 72.8 Å². The number of carbonyl (C=O) groups is 1. The molecule has 0 aliphatic heterocycles. The molecule has 5 nitrogen and oxygen atoms in total. The van der Waals surface area contributed by atoms with Crippen molar-refractivity contribution in [2.75, 3.05) is 20.8 Å². The Morgan fingerprint density at radius 1 is 0.828 bits per heavy atom. The van der Waals surface area contributed by atoms with E-state index < -0.39 is 0 Å². The topological polar surface area (TPSA) is 59.6 Å². The highest BCUT2D eigenvalue weighted by Gasteiger charge is 2.18. The van der Waals surface area contributed by atoms with Gasteiger partial charge in [0.25, 0.3) is 0 Å². The van der Waals surface area contributed by atoms with Crippen LogP contribution in [-0.2, 0) is 4.74 Å². The first-order chi connectivity index (χ1) is 14.2. The Morgan fingerprint density at radius 2 is 1.41 bits per heavy atom.